The fraction of sp³-hybridized carbons (Fsp3) is 0.786. The first-order chi connectivity index (χ1) is 8.58. The predicted molar refractivity (Wildman–Crippen MR) is 76.5 cm³/mol. The molecular weight excluding hydrogens is 224 g/mol. The average Bonchev–Trinajstić information content (AvgIpc) is 2.75. The molecule has 0 saturated heterocycles. The second-order valence-electron chi connectivity index (χ2n) is 4.90. The van der Waals surface area contributed by atoms with Crippen LogP contribution in [0.25, 0.3) is 0 Å². The second kappa shape index (κ2) is 6.90. The number of hydrogen-bond acceptors (Lipinski definition) is 3. The third-order valence-electron chi connectivity index (χ3n) is 3.78. The highest BCUT2D eigenvalue weighted by Crippen LogP contribution is 2.25. The van der Waals surface area contributed by atoms with Gasteiger partial charge in [-0.1, -0.05) is 20.8 Å². The Morgan fingerprint density at radius 2 is 2.06 bits per heavy atom. The fourth-order valence-corrected chi connectivity index (χ4v) is 2.62. The van der Waals surface area contributed by atoms with Crippen LogP contribution in [0.1, 0.15) is 51.4 Å². The lowest BCUT2D eigenvalue weighted by Crippen LogP contribution is -2.39. The summed E-state index contributed by atoms with van der Waals surface area (Å²) in [4.78, 5) is 2.48. The quantitative estimate of drug-likeness (QED) is 0.808. The van der Waals surface area contributed by atoms with E-state index in [2.05, 4.69) is 43.9 Å². The normalized spacial score (nSPS) is 15.1. The van der Waals surface area contributed by atoms with Crippen LogP contribution in [0.15, 0.2) is 6.20 Å². The number of nitrogens with zero attached hydrogens (tertiary/aromatic N) is 3. The van der Waals surface area contributed by atoms with Gasteiger partial charge < -0.3 is 5.73 Å². The molecule has 1 rings (SSSR count). The lowest BCUT2D eigenvalue weighted by molar-refractivity contribution is 0.151. The number of aryl methyl sites for hydroxylation is 2. The van der Waals surface area contributed by atoms with E-state index < -0.39 is 0 Å². The minimum Gasteiger partial charge on any atom is -0.329 e. The molecule has 4 nitrogen and oxygen atoms in total. The van der Waals surface area contributed by atoms with Crippen LogP contribution in [0.4, 0.5) is 0 Å². The van der Waals surface area contributed by atoms with Crippen LogP contribution in [0.2, 0.25) is 0 Å². The Bertz CT molecular complexity index is 359. The summed E-state index contributed by atoms with van der Waals surface area (Å²) in [6, 6.07) is 0.835. The van der Waals surface area contributed by atoms with Crippen LogP contribution in [-0.4, -0.2) is 33.8 Å². The Balaban J connectivity index is 3.06. The molecule has 0 amide bonds. The van der Waals surface area contributed by atoms with Crippen molar-refractivity contribution < 1.29 is 0 Å². The zero-order chi connectivity index (χ0) is 13.7. The van der Waals surface area contributed by atoms with Crippen molar-refractivity contribution in [2.75, 3.05) is 13.1 Å². The first-order valence-corrected chi connectivity index (χ1v) is 7.07. The van der Waals surface area contributed by atoms with Gasteiger partial charge in [-0.15, -0.1) is 0 Å². The van der Waals surface area contributed by atoms with E-state index in [0.29, 0.717) is 12.6 Å². The molecule has 4 heteroatoms. The Hall–Kier alpha value is -0.870. The highest BCUT2D eigenvalue weighted by molar-refractivity contribution is 5.22. The van der Waals surface area contributed by atoms with E-state index >= 15 is 0 Å². The Kier molecular flexibility index (Phi) is 5.82. The van der Waals surface area contributed by atoms with Crippen molar-refractivity contribution in [1.29, 1.82) is 0 Å². The zero-order valence-corrected chi connectivity index (χ0v) is 12.5. The molecule has 0 saturated carbocycles. The van der Waals surface area contributed by atoms with Gasteiger partial charge in [0.2, 0.25) is 0 Å². The summed E-state index contributed by atoms with van der Waals surface area (Å²) in [7, 11) is 1.98. The molecule has 2 unspecified atom stereocenters. The van der Waals surface area contributed by atoms with Crippen molar-refractivity contribution in [3.05, 3.63) is 17.5 Å². The minimum absolute atomic E-state index is 0.286. The molecule has 0 aromatic carbocycles. The van der Waals surface area contributed by atoms with Crippen LogP contribution in [0, 0.1) is 0 Å². The van der Waals surface area contributed by atoms with Crippen molar-refractivity contribution in [3.63, 3.8) is 0 Å². The summed E-state index contributed by atoms with van der Waals surface area (Å²) in [5.74, 6) is 0. The van der Waals surface area contributed by atoms with E-state index in [1.54, 1.807) is 0 Å². The molecule has 1 aromatic heterocycles. The van der Waals surface area contributed by atoms with Crippen LogP contribution in [0.5, 0.6) is 0 Å². The molecule has 2 N–H and O–H groups in total. The molecule has 1 heterocycles. The Labute approximate surface area is 111 Å². The van der Waals surface area contributed by atoms with Gasteiger partial charge in [0, 0.05) is 31.4 Å². The average molecular weight is 252 g/mol. The molecule has 0 fully saturated rings. The fourth-order valence-electron chi connectivity index (χ4n) is 2.62. The summed E-state index contributed by atoms with van der Waals surface area (Å²) in [5.41, 5.74) is 8.50. The van der Waals surface area contributed by atoms with Crippen LogP contribution in [-0.2, 0) is 13.5 Å². The van der Waals surface area contributed by atoms with E-state index in [4.69, 9.17) is 5.73 Å². The summed E-state index contributed by atoms with van der Waals surface area (Å²) in [5, 5.41) is 4.53. The van der Waals surface area contributed by atoms with E-state index in [9.17, 15) is 0 Å². The van der Waals surface area contributed by atoms with Gasteiger partial charge >= 0.3 is 0 Å². The maximum absolute atomic E-state index is 6.03. The molecule has 104 valence electrons. The molecule has 0 aliphatic heterocycles. The first kappa shape index (κ1) is 15.2. The molecule has 0 aliphatic rings. The first-order valence-electron chi connectivity index (χ1n) is 7.07. The van der Waals surface area contributed by atoms with Crippen molar-refractivity contribution in [1.82, 2.24) is 14.7 Å². The molecule has 0 bridgehead atoms. The van der Waals surface area contributed by atoms with Crippen molar-refractivity contribution in [2.45, 2.75) is 52.6 Å². The van der Waals surface area contributed by atoms with Gasteiger partial charge in [-0.2, -0.15) is 5.10 Å². The molecule has 18 heavy (non-hydrogen) atoms. The maximum Gasteiger partial charge on any atom is 0.0670 e. The van der Waals surface area contributed by atoms with Gasteiger partial charge in [0.25, 0.3) is 0 Å². The summed E-state index contributed by atoms with van der Waals surface area (Å²) in [6.45, 7) is 10.5. The summed E-state index contributed by atoms with van der Waals surface area (Å²) < 4.78 is 1.90. The maximum atomic E-state index is 6.03. The van der Waals surface area contributed by atoms with Crippen LogP contribution >= 0.6 is 0 Å². The number of nitrogens with two attached hydrogens (primary N) is 1. The second-order valence-corrected chi connectivity index (χ2v) is 4.90. The smallest absolute Gasteiger partial charge is 0.0670 e. The van der Waals surface area contributed by atoms with E-state index in [1.165, 1.54) is 11.3 Å². The van der Waals surface area contributed by atoms with Crippen molar-refractivity contribution in [3.8, 4) is 0 Å². The number of rotatable bonds is 7. The number of hydrogen-bond donors (Lipinski definition) is 1. The van der Waals surface area contributed by atoms with Crippen LogP contribution in [0.3, 0.4) is 0 Å². The molecule has 0 aliphatic carbocycles. The summed E-state index contributed by atoms with van der Waals surface area (Å²) >= 11 is 0. The number of aromatic nitrogens is 2. The monoisotopic (exact) mass is 252 g/mol. The lowest BCUT2D eigenvalue weighted by Gasteiger charge is -2.34. The van der Waals surface area contributed by atoms with Gasteiger partial charge in [0.1, 0.15) is 0 Å². The standard InChI is InChI=1S/C14H28N4/c1-6-11(4)18(8-3)14(9-15)12-10-17(5)16-13(12)7-2/h10-11,14H,6-9,15H2,1-5H3. The van der Waals surface area contributed by atoms with E-state index in [0.717, 1.165) is 19.4 Å². The predicted octanol–water partition coefficient (Wildman–Crippen LogP) is 2.10. The largest absolute Gasteiger partial charge is 0.329 e. The molecule has 0 radical (unpaired) electrons. The van der Waals surface area contributed by atoms with Gasteiger partial charge in [-0.25, -0.2) is 0 Å². The zero-order valence-electron chi connectivity index (χ0n) is 12.5. The van der Waals surface area contributed by atoms with E-state index in [-0.39, 0.29) is 6.04 Å². The molecule has 0 spiro atoms. The summed E-state index contributed by atoms with van der Waals surface area (Å²) in [6.07, 6.45) is 4.23. The van der Waals surface area contributed by atoms with E-state index in [1.807, 2.05) is 11.7 Å². The van der Waals surface area contributed by atoms with Gasteiger partial charge in [-0.3, -0.25) is 9.58 Å². The molecular formula is C14H28N4. The third kappa shape index (κ3) is 3.12. The van der Waals surface area contributed by atoms with Gasteiger partial charge in [0.15, 0.2) is 0 Å². The molecule has 1 aromatic rings. The lowest BCUT2D eigenvalue weighted by atomic mass is 10.0. The molecule has 2 atom stereocenters. The Morgan fingerprint density at radius 1 is 1.39 bits per heavy atom. The van der Waals surface area contributed by atoms with Crippen LogP contribution < -0.4 is 5.73 Å². The van der Waals surface area contributed by atoms with Crippen molar-refractivity contribution >= 4 is 0 Å². The number of likely N-dealkylation sites (N-methyl/N-ethyl adjacent to an activating group) is 1. The SMILES string of the molecule is CCc1nn(C)cc1C(CN)N(CC)C(C)CC. The Morgan fingerprint density at radius 3 is 2.50 bits per heavy atom. The minimum atomic E-state index is 0.286. The third-order valence-corrected chi connectivity index (χ3v) is 3.78. The van der Waals surface area contributed by atoms with Gasteiger partial charge in [0.05, 0.1) is 11.7 Å². The van der Waals surface area contributed by atoms with Gasteiger partial charge in [-0.05, 0) is 26.3 Å². The highest BCUT2D eigenvalue weighted by Gasteiger charge is 2.25. The highest BCUT2D eigenvalue weighted by atomic mass is 15.3. The van der Waals surface area contributed by atoms with Crippen molar-refractivity contribution in [2.24, 2.45) is 12.8 Å². The topological polar surface area (TPSA) is 47.1 Å².